The largest absolute Gasteiger partial charge is 0.394 e. The van der Waals surface area contributed by atoms with Gasteiger partial charge in [-0.15, -0.1) is 0 Å². The molecule has 0 aliphatic heterocycles. The van der Waals surface area contributed by atoms with Crippen molar-refractivity contribution in [1.29, 1.82) is 0 Å². The highest BCUT2D eigenvalue weighted by Crippen LogP contribution is 2.27. The third-order valence-corrected chi connectivity index (χ3v) is 5.27. The number of fused-ring (bicyclic) bond motifs is 2. The lowest BCUT2D eigenvalue weighted by Crippen LogP contribution is -2.51. The summed E-state index contributed by atoms with van der Waals surface area (Å²) < 4.78 is 0. The minimum absolute atomic E-state index is 0.142. The molecule has 0 spiro atoms. The maximum absolute atomic E-state index is 12.9. The molecule has 1 atom stereocenters. The monoisotopic (exact) mass is 422 g/mol. The smallest absolute Gasteiger partial charge is 0.252 e. The SMILES string of the molecule is CCCN(CCC)C(=O)C(CO)NC(=O)c1ccc2c(c1)C(=O)c1ccccc1C2=O. The molecule has 0 fully saturated rings. The van der Waals surface area contributed by atoms with Gasteiger partial charge < -0.3 is 15.3 Å². The van der Waals surface area contributed by atoms with E-state index in [2.05, 4.69) is 5.32 Å². The van der Waals surface area contributed by atoms with Crippen molar-refractivity contribution in [3.05, 3.63) is 70.3 Å². The van der Waals surface area contributed by atoms with Gasteiger partial charge in [0.25, 0.3) is 5.91 Å². The fourth-order valence-electron chi connectivity index (χ4n) is 3.76. The molecule has 7 nitrogen and oxygen atoms in total. The fourth-order valence-corrected chi connectivity index (χ4v) is 3.76. The van der Waals surface area contributed by atoms with E-state index in [4.69, 9.17) is 0 Å². The van der Waals surface area contributed by atoms with Gasteiger partial charge in [0.05, 0.1) is 6.61 Å². The fraction of sp³-hybridized carbons (Fsp3) is 0.333. The normalized spacial score (nSPS) is 13.3. The quantitative estimate of drug-likeness (QED) is 0.579. The predicted molar refractivity (Wildman–Crippen MR) is 115 cm³/mol. The molecule has 31 heavy (non-hydrogen) atoms. The van der Waals surface area contributed by atoms with Crippen LogP contribution in [0, 0.1) is 0 Å². The zero-order valence-electron chi connectivity index (χ0n) is 17.7. The summed E-state index contributed by atoms with van der Waals surface area (Å²) in [5.74, 6) is -1.54. The minimum Gasteiger partial charge on any atom is -0.394 e. The number of carbonyl (C=O) groups is 4. The highest BCUT2D eigenvalue weighted by atomic mass is 16.3. The number of nitrogens with one attached hydrogen (secondary N) is 1. The topological polar surface area (TPSA) is 104 Å². The Balaban J connectivity index is 1.84. The minimum atomic E-state index is -1.08. The lowest BCUT2D eigenvalue weighted by molar-refractivity contribution is -0.134. The molecule has 2 amide bonds. The second kappa shape index (κ2) is 9.66. The maximum atomic E-state index is 12.9. The second-order valence-corrected chi connectivity index (χ2v) is 7.50. The molecule has 0 radical (unpaired) electrons. The molecular weight excluding hydrogens is 396 g/mol. The van der Waals surface area contributed by atoms with Crippen molar-refractivity contribution in [1.82, 2.24) is 10.2 Å². The van der Waals surface area contributed by atoms with Gasteiger partial charge in [0.1, 0.15) is 6.04 Å². The molecule has 2 aromatic rings. The molecule has 3 rings (SSSR count). The van der Waals surface area contributed by atoms with E-state index in [0.717, 1.165) is 12.8 Å². The summed E-state index contributed by atoms with van der Waals surface area (Å²) in [4.78, 5) is 52.7. The molecule has 0 saturated heterocycles. The van der Waals surface area contributed by atoms with E-state index < -0.39 is 18.6 Å². The van der Waals surface area contributed by atoms with Gasteiger partial charge in [0.15, 0.2) is 11.6 Å². The van der Waals surface area contributed by atoms with E-state index in [1.165, 1.54) is 18.2 Å². The standard InChI is InChI=1S/C24H26N2O5/c1-3-11-26(12-4-2)24(31)20(14-27)25-23(30)15-9-10-18-19(13-15)22(29)17-8-6-5-7-16(17)21(18)28/h5-10,13,20,27H,3-4,11-12,14H2,1-2H3,(H,25,30). The Kier molecular flexibility index (Phi) is 6.97. The molecule has 0 aromatic heterocycles. The summed E-state index contributed by atoms with van der Waals surface area (Å²) in [6, 6.07) is 9.76. The Hall–Kier alpha value is -3.32. The number of hydrogen-bond donors (Lipinski definition) is 2. The van der Waals surface area contributed by atoms with Crippen LogP contribution in [-0.4, -0.2) is 59.1 Å². The van der Waals surface area contributed by atoms with E-state index in [0.29, 0.717) is 24.2 Å². The number of benzene rings is 2. The molecule has 0 heterocycles. The summed E-state index contributed by atoms with van der Waals surface area (Å²) in [6.07, 6.45) is 1.53. The zero-order valence-corrected chi connectivity index (χ0v) is 17.7. The van der Waals surface area contributed by atoms with Crippen LogP contribution in [0.1, 0.15) is 68.9 Å². The Bertz CT molecular complexity index is 1020. The van der Waals surface area contributed by atoms with Gasteiger partial charge in [0.2, 0.25) is 5.91 Å². The maximum Gasteiger partial charge on any atom is 0.252 e. The van der Waals surface area contributed by atoms with Gasteiger partial charge in [-0.2, -0.15) is 0 Å². The first-order chi connectivity index (χ1) is 14.9. The molecule has 0 bridgehead atoms. The van der Waals surface area contributed by atoms with Gasteiger partial charge in [0, 0.05) is 40.9 Å². The van der Waals surface area contributed by atoms with Gasteiger partial charge in [-0.25, -0.2) is 0 Å². The first kappa shape index (κ1) is 22.4. The summed E-state index contributed by atoms with van der Waals surface area (Å²) in [7, 11) is 0. The van der Waals surface area contributed by atoms with E-state index in [1.54, 1.807) is 29.2 Å². The van der Waals surface area contributed by atoms with Crippen LogP contribution in [0.4, 0.5) is 0 Å². The summed E-state index contributed by atoms with van der Waals surface area (Å²) in [5, 5.41) is 12.3. The van der Waals surface area contributed by atoms with E-state index in [9.17, 15) is 24.3 Å². The molecule has 2 aromatic carbocycles. The number of carbonyl (C=O) groups excluding carboxylic acids is 4. The van der Waals surface area contributed by atoms with Gasteiger partial charge in [-0.3, -0.25) is 19.2 Å². The van der Waals surface area contributed by atoms with Crippen LogP contribution in [0.15, 0.2) is 42.5 Å². The van der Waals surface area contributed by atoms with Crippen LogP contribution in [0.25, 0.3) is 0 Å². The lowest BCUT2D eigenvalue weighted by atomic mass is 9.83. The van der Waals surface area contributed by atoms with Crippen molar-refractivity contribution in [2.45, 2.75) is 32.7 Å². The highest BCUT2D eigenvalue weighted by molar-refractivity contribution is 6.28. The Morgan fingerprint density at radius 1 is 0.903 bits per heavy atom. The number of nitrogens with zero attached hydrogens (tertiary/aromatic N) is 1. The molecular formula is C24H26N2O5. The summed E-state index contributed by atoms with van der Waals surface area (Å²) >= 11 is 0. The van der Waals surface area contributed by atoms with Crippen LogP contribution >= 0.6 is 0 Å². The van der Waals surface area contributed by atoms with Crippen molar-refractivity contribution in [2.75, 3.05) is 19.7 Å². The zero-order chi connectivity index (χ0) is 22.5. The average molecular weight is 422 g/mol. The number of rotatable bonds is 8. The van der Waals surface area contributed by atoms with Gasteiger partial charge in [-0.1, -0.05) is 38.1 Å². The highest BCUT2D eigenvalue weighted by Gasteiger charge is 2.31. The van der Waals surface area contributed by atoms with Gasteiger partial charge >= 0.3 is 0 Å². The van der Waals surface area contributed by atoms with Crippen LogP contribution < -0.4 is 5.32 Å². The molecule has 7 heteroatoms. The summed E-state index contributed by atoms with van der Waals surface area (Å²) in [6.45, 7) is 4.43. The van der Waals surface area contributed by atoms with Crippen LogP contribution in [-0.2, 0) is 4.79 Å². The number of aliphatic hydroxyl groups excluding tert-OH is 1. The van der Waals surface area contributed by atoms with Crippen LogP contribution in [0.3, 0.4) is 0 Å². The average Bonchev–Trinajstić information content (AvgIpc) is 2.80. The number of ketones is 2. The number of aliphatic hydroxyl groups is 1. The molecule has 162 valence electrons. The predicted octanol–water partition coefficient (Wildman–Crippen LogP) is 2.20. The van der Waals surface area contributed by atoms with Crippen molar-refractivity contribution >= 4 is 23.4 Å². The Morgan fingerprint density at radius 2 is 1.45 bits per heavy atom. The molecule has 0 saturated carbocycles. The Morgan fingerprint density at radius 3 is 2.00 bits per heavy atom. The third-order valence-electron chi connectivity index (χ3n) is 5.27. The van der Waals surface area contributed by atoms with E-state index in [-0.39, 0.29) is 34.2 Å². The Labute approximate surface area is 181 Å². The number of hydrogen-bond acceptors (Lipinski definition) is 5. The molecule has 1 aliphatic carbocycles. The first-order valence-corrected chi connectivity index (χ1v) is 10.5. The van der Waals surface area contributed by atoms with Crippen molar-refractivity contribution in [3.63, 3.8) is 0 Å². The van der Waals surface area contributed by atoms with Crippen LogP contribution in [0.2, 0.25) is 0 Å². The van der Waals surface area contributed by atoms with Crippen molar-refractivity contribution in [2.24, 2.45) is 0 Å². The van der Waals surface area contributed by atoms with E-state index >= 15 is 0 Å². The number of amides is 2. The lowest BCUT2D eigenvalue weighted by Gasteiger charge is -2.26. The molecule has 1 aliphatic rings. The summed E-state index contributed by atoms with van der Waals surface area (Å²) in [5.41, 5.74) is 1.18. The third kappa shape index (κ3) is 4.41. The van der Waals surface area contributed by atoms with Crippen molar-refractivity contribution in [3.8, 4) is 0 Å². The van der Waals surface area contributed by atoms with Crippen molar-refractivity contribution < 1.29 is 24.3 Å². The molecule has 2 N–H and O–H groups in total. The molecule has 1 unspecified atom stereocenters. The van der Waals surface area contributed by atoms with E-state index in [1.807, 2.05) is 13.8 Å². The van der Waals surface area contributed by atoms with Crippen LogP contribution in [0.5, 0.6) is 0 Å². The van der Waals surface area contributed by atoms with Gasteiger partial charge in [-0.05, 0) is 31.0 Å². The first-order valence-electron chi connectivity index (χ1n) is 10.5. The second-order valence-electron chi connectivity index (χ2n) is 7.50.